The number of carbonyl (C=O) groups is 2. The lowest BCUT2D eigenvalue weighted by atomic mass is 9.88. The lowest BCUT2D eigenvalue weighted by Crippen LogP contribution is -2.46. The molecule has 0 unspecified atom stereocenters. The van der Waals surface area contributed by atoms with Gasteiger partial charge < -0.3 is 9.80 Å². The van der Waals surface area contributed by atoms with Crippen LogP contribution in [0.1, 0.15) is 41.6 Å². The summed E-state index contributed by atoms with van der Waals surface area (Å²) < 4.78 is 0. The maximum Gasteiger partial charge on any atom is 0.269 e. The van der Waals surface area contributed by atoms with Crippen molar-refractivity contribution >= 4 is 17.5 Å². The van der Waals surface area contributed by atoms with Crippen LogP contribution < -0.4 is 0 Å². The summed E-state index contributed by atoms with van der Waals surface area (Å²) in [5.74, 6) is 0.697. The summed E-state index contributed by atoms with van der Waals surface area (Å²) in [7, 11) is 0. The van der Waals surface area contributed by atoms with Gasteiger partial charge in [-0.25, -0.2) is 0 Å². The van der Waals surface area contributed by atoms with E-state index in [2.05, 4.69) is 24.3 Å². The number of rotatable bonds is 5. The molecule has 2 heterocycles. The highest BCUT2D eigenvalue weighted by Crippen LogP contribution is 2.26. The van der Waals surface area contributed by atoms with E-state index in [0.29, 0.717) is 37.4 Å². The molecule has 2 aliphatic heterocycles. The van der Waals surface area contributed by atoms with Gasteiger partial charge in [0, 0.05) is 49.8 Å². The van der Waals surface area contributed by atoms with Crippen LogP contribution in [-0.2, 0) is 11.2 Å². The van der Waals surface area contributed by atoms with E-state index in [9.17, 15) is 19.7 Å². The van der Waals surface area contributed by atoms with Gasteiger partial charge in [-0.2, -0.15) is 0 Å². The van der Waals surface area contributed by atoms with Crippen LogP contribution >= 0.6 is 0 Å². The first-order chi connectivity index (χ1) is 15.5. The highest BCUT2D eigenvalue weighted by Gasteiger charge is 2.32. The molecule has 32 heavy (non-hydrogen) atoms. The van der Waals surface area contributed by atoms with E-state index < -0.39 is 4.92 Å². The van der Waals surface area contributed by atoms with Gasteiger partial charge in [0.05, 0.1) is 4.92 Å². The van der Waals surface area contributed by atoms with Gasteiger partial charge in [-0.1, -0.05) is 30.3 Å². The van der Waals surface area contributed by atoms with Gasteiger partial charge >= 0.3 is 0 Å². The molecule has 168 valence electrons. The lowest BCUT2D eigenvalue weighted by molar-refractivity contribution is -0.384. The van der Waals surface area contributed by atoms with Crippen molar-refractivity contribution in [3.05, 3.63) is 75.8 Å². The second-order valence-electron chi connectivity index (χ2n) is 8.83. The van der Waals surface area contributed by atoms with E-state index in [1.165, 1.54) is 29.8 Å². The second-order valence-corrected chi connectivity index (χ2v) is 8.83. The third kappa shape index (κ3) is 5.15. The molecule has 0 saturated carbocycles. The number of hydrogen-bond acceptors (Lipinski definition) is 4. The second kappa shape index (κ2) is 9.94. The number of hydrogen-bond donors (Lipinski definition) is 0. The van der Waals surface area contributed by atoms with Crippen molar-refractivity contribution in [3.63, 3.8) is 0 Å². The van der Waals surface area contributed by atoms with Gasteiger partial charge in [-0.15, -0.1) is 0 Å². The molecule has 2 saturated heterocycles. The molecule has 0 aromatic heterocycles. The Morgan fingerprint density at radius 2 is 1.44 bits per heavy atom. The highest BCUT2D eigenvalue weighted by atomic mass is 16.6. The van der Waals surface area contributed by atoms with E-state index in [4.69, 9.17) is 0 Å². The standard InChI is InChI=1S/C25H29N3O4/c29-24(21-6-8-23(9-7-21)28(31)32)27-16-12-22(13-17-27)25(30)26-14-10-20(11-15-26)18-19-4-2-1-3-5-19/h1-9,20,22H,10-18H2. The molecule has 0 spiro atoms. The quantitative estimate of drug-likeness (QED) is 0.526. The first-order valence-electron chi connectivity index (χ1n) is 11.4. The number of carbonyl (C=O) groups excluding carboxylic acids is 2. The van der Waals surface area contributed by atoms with E-state index in [-0.39, 0.29) is 23.4 Å². The van der Waals surface area contributed by atoms with Crippen LogP contribution in [0.15, 0.2) is 54.6 Å². The first kappa shape index (κ1) is 22.0. The fourth-order valence-electron chi connectivity index (χ4n) is 4.80. The van der Waals surface area contributed by atoms with Crippen LogP contribution in [0.4, 0.5) is 5.69 Å². The molecule has 4 rings (SSSR count). The maximum atomic E-state index is 13.0. The Morgan fingerprint density at radius 3 is 2.03 bits per heavy atom. The van der Waals surface area contributed by atoms with Crippen molar-refractivity contribution < 1.29 is 14.5 Å². The SMILES string of the molecule is O=C(c1ccc([N+](=O)[O-])cc1)N1CCC(C(=O)N2CCC(Cc3ccccc3)CC2)CC1. The van der Waals surface area contributed by atoms with Crippen molar-refractivity contribution in [1.82, 2.24) is 9.80 Å². The van der Waals surface area contributed by atoms with E-state index in [1.807, 2.05) is 11.0 Å². The van der Waals surface area contributed by atoms with Crippen molar-refractivity contribution in [2.45, 2.75) is 32.1 Å². The molecule has 2 amide bonds. The van der Waals surface area contributed by atoms with Crippen molar-refractivity contribution in [2.24, 2.45) is 11.8 Å². The summed E-state index contributed by atoms with van der Waals surface area (Å²) in [6.07, 6.45) is 4.49. The fourth-order valence-corrected chi connectivity index (χ4v) is 4.80. The largest absolute Gasteiger partial charge is 0.342 e. The highest BCUT2D eigenvalue weighted by molar-refractivity contribution is 5.94. The summed E-state index contributed by atoms with van der Waals surface area (Å²) in [5, 5.41) is 10.8. The van der Waals surface area contributed by atoms with Crippen LogP contribution in [0.5, 0.6) is 0 Å². The molecule has 7 nitrogen and oxygen atoms in total. The molecule has 2 aromatic rings. The Kier molecular flexibility index (Phi) is 6.83. The Hall–Kier alpha value is -3.22. The Morgan fingerprint density at radius 1 is 0.844 bits per heavy atom. The number of piperidine rings is 2. The van der Waals surface area contributed by atoms with Crippen molar-refractivity contribution in [1.29, 1.82) is 0 Å². The average Bonchev–Trinajstić information content (AvgIpc) is 2.84. The van der Waals surface area contributed by atoms with Gasteiger partial charge in [-0.05, 0) is 55.7 Å². The smallest absolute Gasteiger partial charge is 0.269 e. The number of nitro benzene ring substituents is 1. The van der Waals surface area contributed by atoms with Gasteiger partial charge in [0.15, 0.2) is 0 Å². The number of benzene rings is 2. The third-order valence-electron chi connectivity index (χ3n) is 6.75. The predicted octanol–water partition coefficient (Wildman–Crippen LogP) is 3.93. The number of nitro groups is 1. The number of amides is 2. The zero-order valence-electron chi connectivity index (χ0n) is 18.2. The Balaban J connectivity index is 1.24. The first-order valence-corrected chi connectivity index (χ1v) is 11.4. The van der Waals surface area contributed by atoms with Gasteiger partial charge in [-0.3, -0.25) is 19.7 Å². The molecule has 2 fully saturated rings. The summed E-state index contributed by atoms with van der Waals surface area (Å²) in [5.41, 5.74) is 1.78. The minimum atomic E-state index is -0.476. The fraction of sp³-hybridized carbons (Fsp3) is 0.440. The van der Waals surface area contributed by atoms with Gasteiger partial charge in [0.1, 0.15) is 0 Å². The van der Waals surface area contributed by atoms with E-state index in [0.717, 1.165) is 32.4 Å². The molecule has 0 atom stereocenters. The molecule has 0 radical (unpaired) electrons. The molecule has 0 bridgehead atoms. The molecule has 2 aliphatic rings. The van der Waals surface area contributed by atoms with Crippen LogP contribution in [0.3, 0.4) is 0 Å². The number of likely N-dealkylation sites (tertiary alicyclic amines) is 2. The number of nitrogens with zero attached hydrogens (tertiary/aromatic N) is 3. The molecular weight excluding hydrogens is 406 g/mol. The topological polar surface area (TPSA) is 83.8 Å². The van der Waals surface area contributed by atoms with Crippen LogP contribution in [0.2, 0.25) is 0 Å². The summed E-state index contributed by atoms with van der Waals surface area (Å²) in [6.45, 7) is 2.71. The lowest BCUT2D eigenvalue weighted by Gasteiger charge is -2.37. The monoisotopic (exact) mass is 435 g/mol. The van der Waals surface area contributed by atoms with Crippen LogP contribution in [-0.4, -0.2) is 52.7 Å². The minimum Gasteiger partial charge on any atom is -0.342 e. The van der Waals surface area contributed by atoms with Crippen molar-refractivity contribution in [3.8, 4) is 0 Å². The van der Waals surface area contributed by atoms with Crippen LogP contribution in [0, 0.1) is 22.0 Å². The normalized spacial score (nSPS) is 17.9. The third-order valence-corrected chi connectivity index (χ3v) is 6.75. The molecule has 0 N–H and O–H groups in total. The summed E-state index contributed by atoms with van der Waals surface area (Å²) in [6, 6.07) is 16.2. The predicted molar refractivity (Wildman–Crippen MR) is 121 cm³/mol. The Labute approximate surface area is 188 Å². The van der Waals surface area contributed by atoms with Crippen molar-refractivity contribution in [2.75, 3.05) is 26.2 Å². The molecule has 0 aliphatic carbocycles. The number of non-ortho nitro benzene ring substituents is 1. The summed E-state index contributed by atoms with van der Waals surface area (Å²) in [4.78, 5) is 39.8. The minimum absolute atomic E-state index is 0.0263. The van der Waals surface area contributed by atoms with Gasteiger partial charge in [0.2, 0.25) is 5.91 Å². The Bertz CT molecular complexity index is 945. The van der Waals surface area contributed by atoms with E-state index >= 15 is 0 Å². The molecular formula is C25H29N3O4. The average molecular weight is 436 g/mol. The van der Waals surface area contributed by atoms with Gasteiger partial charge in [0.25, 0.3) is 11.6 Å². The molecule has 2 aromatic carbocycles. The van der Waals surface area contributed by atoms with Crippen LogP contribution in [0.25, 0.3) is 0 Å². The summed E-state index contributed by atoms with van der Waals surface area (Å²) >= 11 is 0. The maximum absolute atomic E-state index is 13.0. The van der Waals surface area contributed by atoms with E-state index in [1.54, 1.807) is 4.90 Å². The molecule has 7 heteroatoms. The zero-order chi connectivity index (χ0) is 22.5. The zero-order valence-corrected chi connectivity index (χ0v) is 18.2.